The van der Waals surface area contributed by atoms with E-state index in [2.05, 4.69) is 10.3 Å². The molecule has 0 aliphatic carbocycles. The van der Waals surface area contributed by atoms with E-state index in [9.17, 15) is 0 Å². The van der Waals surface area contributed by atoms with Crippen LogP contribution < -0.4 is 15.8 Å². The second-order valence-corrected chi connectivity index (χ2v) is 5.58. The Morgan fingerprint density at radius 2 is 1.78 bits per heavy atom. The number of nitrogens with one attached hydrogen (secondary N) is 1. The van der Waals surface area contributed by atoms with E-state index < -0.39 is 0 Å². The summed E-state index contributed by atoms with van der Waals surface area (Å²) in [6.07, 6.45) is 1.68. The molecule has 23 heavy (non-hydrogen) atoms. The monoisotopic (exact) mass is 325 g/mol. The van der Waals surface area contributed by atoms with Gasteiger partial charge in [-0.3, -0.25) is 0 Å². The fourth-order valence-electron chi connectivity index (χ4n) is 2.12. The van der Waals surface area contributed by atoms with Gasteiger partial charge in [0, 0.05) is 17.3 Å². The van der Waals surface area contributed by atoms with Crippen LogP contribution in [0.1, 0.15) is 5.56 Å². The first-order valence-electron chi connectivity index (χ1n) is 7.13. The Bertz CT molecular complexity index is 819. The van der Waals surface area contributed by atoms with Crippen LogP contribution in [0.5, 0.6) is 11.5 Å². The number of nitrogen functional groups attached to an aromatic ring is 1. The predicted octanol–water partition coefficient (Wildman–Crippen LogP) is 5.16. The molecule has 0 atom stereocenters. The Morgan fingerprint density at radius 1 is 1.00 bits per heavy atom. The van der Waals surface area contributed by atoms with E-state index >= 15 is 0 Å². The zero-order chi connectivity index (χ0) is 16.2. The second kappa shape index (κ2) is 6.58. The Balaban J connectivity index is 1.78. The summed E-state index contributed by atoms with van der Waals surface area (Å²) < 4.78 is 5.79. The number of ether oxygens (including phenoxy) is 1. The van der Waals surface area contributed by atoms with Crippen LogP contribution in [0.3, 0.4) is 0 Å². The maximum absolute atomic E-state index is 6.01. The summed E-state index contributed by atoms with van der Waals surface area (Å²) in [6.45, 7) is 2.00. The van der Waals surface area contributed by atoms with E-state index in [0.29, 0.717) is 28.0 Å². The molecule has 0 unspecified atom stereocenters. The first-order valence-corrected chi connectivity index (χ1v) is 7.50. The van der Waals surface area contributed by atoms with Gasteiger partial charge in [-0.1, -0.05) is 17.7 Å². The lowest BCUT2D eigenvalue weighted by atomic mass is 10.2. The van der Waals surface area contributed by atoms with E-state index in [1.807, 2.05) is 43.3 Å². The summed E-state index contributed by atoms with van der Waals surface area (Å²) in [5.41, 5.74) is 8.61. The van der Waals surface area contributed by atoms with Crippen molar-refractivity contribution in [3.05, 3.63) is 71.4 Å². The van der Waals surface area contributed by atoms with Crippen LogP contribution in [0, 0.1) is 6.92 Å². The topological polar surface area (TPSA) is 60.2 Å². The minimum atomic E-state index is 0.659. The van der Waals surface area contributed by atoms with Gasteiger partial charge in [0.1, 0.15) is 17.3 Å². The highest BCUT2D eigenvalue weighted by molar-refractivity contribution is 6.30. The molecule has 0 fully saturated rings. The van der Waals surface area contributed by atoms with Gasteiger partial charge in [-0.25, -0.2) is 4.98 Å². The van der Waals surface area contributed by atoms with Crippen molar-refractivity contribution in [3.63, 3.8) is 0 Å². The maximum atomic E-state index is 6.01. The molecule has 0 saturated heterocycles. The second-order valence-electron chi connectivity index (χ2n) is 5.15. The highest BCUT2D eigenvalue weighted by atomic mass is 35.5. The van der Waals surface area contributed by atoms with Gasteiger partial charge in [0.05, 0.1) is 11.4 Å². The lowest BCUT2D eigenvalue weighted by Gasteiger charge is -2.11. The van der Waals surface area contributed by atoms with E-state index in [0.717, 1.165) is 11.3 Å². The summed E-state index contributed by atoms with van der Waals surface area (Å²) in [5, 5.41) is 3.87. The van der Waals surface area contributed by atoms with Gasteiger partial charge in [0.25, 0.3) is 0 Å². The molecule has 4 nitrogen and oxygen atoms in total. The SMILES string of the molecule is Cc1ccc(Nc2cc(Oc3ccc(Cl)cc3)ccn2)c(N)c1. The summed E-state index contributed by atoms with van der Waals surface area (Å²) in [4.78, 5) is 4.29. The highest BCUT2D eigenvalue weighted by Crippen LogP contribution is 2.27. The van der Waals surface area contributed by atoms with Crippen molar-refractivity contribution in [1.82, 2.24) is 4.98 Å². The van der Waals surface area contributed by atoms with Crippen LogP contribution in [0.2, 0.25) is 5.02 Å². The van der Waals surface area contributed by atoms with E-state index in [4.69, 9.17) is 22.1 Å². The molecule has 0 saturated carbocycles. The predicted molar refractivity (Wildman–Crippen MR) is 94.6 cm³/mol. The third-order valence-corrected chi connectivity index (χ3v) is 3.50. The van der Waals surface area contributed by atoms with Crippen LogP contribution in [0.25, 0.3) is 0 Å². The van der Waals surface area contributed by atoms with Crippen molar-refractivity contribution < 1.29 is 4.74 Å². The number of rotatable bonds is 4. The lowest BCUT2D eigenvalue weighted by Crippen LogP contribution is -1.98. The minimum absolute atomic E-state index is 0.659. The Hall–Kier alpha value is -2.72. The zero-order valence-electron chi connectivity index (χ0n) is 12.6. The summed E-state index contributed by atoms with van der Waals surface area (Å²) >= 11 is 5.87. The molecule has 0 amide bonds. The summed E-state index contributed by atoms with van der Waals surface area (Å²) in [6, 6.07) is 16.6. The van der Waals surface area contributed by atoms with Crippen molar-refractivity contribution in [2.75, 3.05) is 11.1 Å². The standard InChI is InChI=1S/C18H16ClN3O/c1-12-2-7-17(16(20)10-12)22-18-11-15(8-9-21-18)23-14-5-3-13(19)4-6-14/h2-11H,20H2,1H3,(H,21,22). The lowest BCUT2D eigenvalue weighted by molar-refractivity contribution is 0.482. The van der Waals surface area contributed by atoms with Gasteiger partial charge >= 0.3 is 0 Å². The first-order chi connectivity index (χ1) is 11.1. The van der Waals surface area contributed by atoms with Crippen molar-refractivity contribution in [2.45, 2.75) is 6.92 Å². The van der Waals surface area contributed by atoms with Crippen molar-refractivity contribution in [1.29, 1.82) is 0 Å². The maximum Gasteiger partial charge on any atom is 0.134 e. The Morgan fingerprint density at radius 3 is 2.52 bits per heavy atom. The molecule has 3 rings (SSSR count). The molecule has 0 spiro atoms. The Labute approximate surface area is 139 Å². The van der Waals surface area contributed by atoms with Gasteiger partial charge in [0.15, 0.2) is 0 Å². The highest BCUT2D eigenvalue weighted by Gasteiger charge is 2.04. The number of aromatic nitrogens is 1. The van der Waals surface area contributed by atoms with E-state index in [1.165, 1.54) is 0 Å². The van der Waals surface area contributed by atoms with Crippen LogP contribution in [0.15, 0.2) is 60.8 Å². The number of nitrogens with zero attached hydrogens (tertiary/aromatic N) is 1. The number of hydrogen-bond donors (Lipinski definition) is 2. The molecule has 1 aromatic heterocycles. The average Bonchev–Trinajstić information content (AvgIpc) is 2.53. The molecule has 1 heterocycles. The summed E-state index contributed by atoms with van der Waals surface area (Å²) in [7, 11) is 0. The van der Waals surface area contributed by atoms with E-state index in [-0.39, 0.29) is 0 Å². The Kier molecular flexibility index (Phi) is 4.35. The molecular weight excluding hydrogens is 310 g/mol. The number of halogens is 1. The smallest absolute Gasteiger partial charge is 0.134 e. The number of benzene rings is 2. The van der Waals surface area contributed by atoms with Crippen molar-refractivity contribution in [2.24, 2.45) is 0 Å². The molecule has 0 bridgehead atoms. The first kappa shape index (κ1) is 15.2. The van der Waals surface area contributed by atoms with Crippen LogP contribution in [0.4, 0.5) is 17.2 Å². The quantitative estimate of drug-likeness (QED) is 0.650. The third-order valence-electron chi connectivity index (χ3n) is 3.25. The molecule has 2 aromatic carbocycles. The normalized spacial score (nSPS) is 10.3. The fourth-order valence-corrected chi connectivity index (χ4v) is 2.24. The number of anilines is 3. The average molecular weight is 326 g/mol. The van der Waals surface area contributed by atoms with Crippen LogP contribution >= 0.6 is 11.6 Å². The largest absolute Gasteiger partial charge is 0.457 e. The van der Waals surface area contributed by atoms with Gasteiger partial charge in [0.2, 0.25) is 0 Å². The van der Waals surface area contributed by atoms with Crippen molar-refractivity contribution in [3.8, 4) is 11.5 Å². The number of hydrogen-bond acceptors (Lipinski definition) is 4. The van der Waals surface area contributed by atoms with E-state index in [1.54, 1.807) is 24.4 Å². The van der Waals surface area contributed by atoms with Gasteiger partial charge in [-0.2, -0.15) is 0 Å². The molecule has 0 aliphatic rings. The third kappa shape index (κ3) is 3.93. The van der Waals surface area contributed by atoms with Gasteiger partial charge in [-0.15, -0.1) is 0 Å². The van der Waals surface area contributed by atoms with Crippen molar-refractivity contribution >= 4 is 28.8 Å². The van der Waals surface area contributed by atoms with Gasteiger partial charge in [-0.05, 0) is 55.0 Å². The molecule has 3 N–H and O–H groups in total. The molecule has 5 heteroatoms. The minimum Gasteiger partial charge on any atom is -0.457 e. The zero-order valence-corrected chi connectivity index (χ0v) is 13.3. The number of nitrogens with two attached hydrogens (primary N) is 1. The fraction of sp³-hybridized carbons (Fsp3) is 0.0556. The summed E-state index contributed by atoms with van der Waals surface area (Å²) in [5.74, 6) is 2.05. The molecule has 3 aromatic rings. The number of pyridine rings is 1. The number of aryl methyl sites for hydroxylation is 1. The van der Waals surface area contributed by atoms with Crippen LogP contribution in [-0.2, 0) is 0 Å². The molecule has 116 valence electrons. The van der Waals surface area contributed by atoms with Crippen LogP contribution in [-0.4, -0.2) is 4.98 Å². The molecular formula is C18H16ClN3O. The molecule has 0 radical (unpaired) electrons. The molecule has 0 aliphatic heterocycles. The van der Waals surface area contributed by atoms with Gasteiger partial charge < -0.3 is 15.8 Å².